The number of fused-ring (bicyclic) bond motifs is 1. The number of hydrogen-bond donors (Lipinski definition) is 1. The van der Waals surface area contributed by atoms with E-state index in [1.807, 2.05) is 43.3 Å². The number of benzene rings is 2. The first kappa shape index (κ1) is 14.4. The third-order valence-electron chi connectivity index (χ3n) is 3.71. The minimum Gasteiger partial charge on any atom is -0.493 e. The van der Waals surface area contributed by atoms with Gasteiger partial charge in [-0.25, -0.2) is 0 Å². The molecular weight excluding hydrogens is 330 g/mol. The van der Waals surface area contributed by atoms with Crippen LogP contribution in [0.2, 0.25) is 0 Å². The van der Waals surface area contributed by atoms with E-state index < -0.39 is 0 Å². The monoisotopic (exact) mass is 347 g/mol. The topological polar surface area (TPSA) is 44.5 Å². The molecule has 1 aliphatic heterocycles. The molecule has 1 heterocycles. The highest BCUT2D eigenvalue weighted by molar-refractivity contribution is 9.10. The quantitative estimate of drug-likeness (QED) is 0.913. The van der Waals surface area contributed by atoms with Gasteiger partial charge in [-0.1, -0.05) is 24.3 Å². The van der Waals surface area contributed by atoms with Crippen LogP contribution in [0.1, 0.15) is 24.1 Å². The maximum Gasteiger partial charge on any atom is 0.133 e. The molecule has 2 atom stereocenters. The van der Waals surface area contributed by atoms with E-state index in [1.54, 1.807) is 0 Å². The minimum absolute atomic E-state index is 0.0211. The van der Waals surface area contributed by atoms with Crippen molar-refractivity contribution < 1.29 is 9.47 Å². The normalized spacial score (nSPS) is 18.0. The number of hydrogen-bond acceptors (Lipinski definition) is 3. The second kappa shape index (κ2) is 6.08. The number of nitrogens with two attached hydrogens (primary N) is 1. The summed E-state index contributed by atoms with van der Waals surface area (Å²) in [6, 6.07) is 13.9. The molecule has 2 unspecified atom stereocenters. The molecule has 0 saturated heterocycles. The molecule has 1 aliphatic rings. The third kappa shape index (κ3) is 2.92. The molecule has 21 heavy (non-hydrogen) atoms. The van der Waals surface area contributed by atoms with Gasteiger partial charge in [0.2, 0.25) is 0 Å². The molecule has 0 amide bonds. The average Bonchev–Trinajstić information content (AvgIpc) is 2.92. The lowest BCUT2D eigenvalue weighted by Gasteiger charge is -2.20. The van der Waals surface area contributed by atoms with E-state index >= 15 is 0 Å². The van der Waals surface area contributed by atoms with Crippen molar-refractivity contribution in [2.75, 3.05) is 6.61 Å². The number of para-hydroxylation sites is 1. The molecule has 4 heteroatoms. The second-order valence-electron chi connectivity index (χ2n) is 5.12. The van der Waals surface area contributed by atoms with Gasteiger partial charge in [-0.05, 0) is 52.2 Å². The minimum atomic E-state index is -0.163. The lowest BCUT2D eigenvalue weighted by Crippen LogP contribution is -2.30. The van der Waals surface area contributed by atoms with E-state index in [2.05, 4.69) is 22.0 Å². The van der Waals surface area contributed by atoms with Gasteiger partial charge in [0, 0.05) is 6.42 Å². The zero-order chi connectivity index (χ0) is 14.8. The summed E-state index contributed by atoms with van der Waals surface area (Å²) >= 11 is 3.53. The molecule has 0 aromatic heterocycles. The molecular formula is C17H18BrNO2. The Kier molecular flexibility index (Phi) is 4.17. The predicted octanol–water partition coefficient (Wildman–Crippen LogP) is 3.85. The zero-order valence-electron chi connectivity index (χ0n) is 11.9. The fraction of sp³-hybridized carbons (Fsp3) is 0.294. The van der Waals surface area contributed by atoms with E-state index in [-0.39, 0.29) is 12.1 Å². The van der Waals surface area contributed by atoms with Crippen LogP contribution in [-0.4, -0.2) is 12.7 Å². The van der Waals surface area contributed by atoms with E-state index in [1.165, 1.54) is 5.56 Å². The Morgan fingerprint density at radius 2 is 2.14 bits per heavy atom. The first-order valence-electron chi connectivity index (χ1n) is 7.11. The summed E-state index contributed by atoms with van der Waals surface area (Å²) in [5, 5.41) is 0. The van der Waals surface area contributed by atoms with Gasteiger partial charge < -0.3 is 15.2 Å². The van der Waals surface area contributed by atoms with Crippen LogP contribution in [0.25, 0.3) is 0 Å². The van der Waals surface area contributed by atoms with Crippen LogP contribution in [0.3, 0.4) is 0 Å². The molecule has 0 saturated carbocycles. The van der Waals surface area contributed by atoms with Gasteiger partial charge in [0.15, 0.2) is 0 Å². The summed E-state index contributed by atoms with van der Waals surface area (Å²) < 4.78 is 12.4. The molecule has 0 spiro atoms. The number of ether oxygens (including phenoxy) is 2. The Hall–Kier alpha value is -1.52. The SMILES string of the molecule is CCOc1ccc(C(N)C2Cc3ccccc3O2)cc1Br. The first-order valence-corrected chi connectivity index (χ1v) is 7.90. The van der Waals surface area contributed by atoms with Crippen molar-refractivity contribution in [1.29, 1.82) is 0 Å². The smallest absolute Gasteiger partial charge is 0.133 e. The van der Waals surface area contributed by atoms with Crippen molar-refractivity contribution in [3.63, 3.8) is 0 Å². The predicted molar refractivity (Wildman–Crippen MR) is 86.8 cm³/mol. The van der Waals surface area contributed by atoms with Gasteiger partial charge in [0.1, 0.15) is 17.6 Å². The largest absolute Gasteiger partial charge is 0.493 e. The van der Waals surface area contributed by atoms with E-state index in [0.29, 0.717) is 6.61 Å². The summed E-state index contributed by atoms with van der Waals surface area (Å²) in [6.45, 7) is 2.61. The van der Waals surface area contributed by atoms with Crippen LogP contribution in [0, 0.1) is 0 Å². The van der Waals surface area contributed by atoms with E-state index in [0.717, 1.165) is 28.0 Å². The fourth-order valence-electron chi connectivity index (χ4n) is 2.62. The molecule has 0 fully saturated rings. The highest BCUT2D eigenvalue weighted by Gasteiger charge is 2.29. The van der Waals surface area contributed by atoms with Gasteiger partial charge in [-0.2, -0.15) is 0 Å². The lowest BCUT2D eigenvalue weighted by atomic mass is 9.98. The summed E-state index contributed by atoms with van der Waals surface area (Å²) in [6.07, 6.45) is 0.828. The summed E-state index contributed by atoms with van der Waals surface area (Å²) in [5.74, 6) is 1.78. The summed E-state index contributed by atoms with van der Waals surface area (Å²) in [5.41, 5.74) is 8.66. The molecule has 2 aromatic rings. The fourth-order valence-corrected chi connectivity index (χ4v) is 3.13. The van der Waals surface area contributed by atoms with Crippen molar-refractivity contribution in [2.24, 2.45) is 5.73 Å². The number of halogens is 1. The van der Waals surface area contributed by atoms with Crippen molar-refractivity contribution in [1.82, 2.24) is 0 Å². The standard InChI is InChI=1S/C17H18BrNO2/c1-2-20-15-8-7-12(9-13(15)18)17(19)16-10-11-5-3-4-6-14(11)21-16/h3-9,16-17H,2,10,19H2,1H3. The van der Waals surface area contributed by atoms with Crippen LogP contribution >= 0.6 is 15.9 Å². The molecule has 3 nitrogen and oxygen atoms in total. The van der Waals surface area contributed by atoms with Gasteiger partial charge in [-0.15, -0.1) is 0 Å². The first-order chi connectivity index (χ1) is 10.2. The van der Waals surface area contributed by atoms with Crippen molar-refractivity contribution in [3.05, 3.63) is 58.1 Å². The Bertz CT molecular complexity index is 619. The van der Waals surface area contributed by atoms with Gasteiger partial charge in [0.25, 0.3) is 0 Å². The highest BCUT2D eigenvalue weighted by atomic mass is 79.9. The molecule has 2 N–H and O–H groups in total. The van der Waals surface area contributed by atoms with Gasteiger partial charge in [-0.3, -0.25) is 0 Å². The molecule has 2 aromatic carbocycles. The van der Waals surface area contributed by atoms with Gasteiger partial charge in [0.05, 0.1) is 17.1 Å². The Balaban J connectivity index is 1.77. The van der Waals surface area contributed by atoms with Crippen LogP contribution in [0.4, 0.5) is 0 Å². The maximum absolute atomic E-state index is 6.39. The van der Waals surface area contributed by atoms with Crippen LogP contribution in [0.15, 0.2) is 46.9 Å². The van der Waals surface area contributed by atoms with Crippen molar-refractivity contribution >= 4 is 15.9 Å². The average molecular weight is 348 g/mol. The highest BCUT2D eigenvalue weighted by Crippen LogP contribution is 2.35. The third-order valence-corrected chi connectivity index (χ3v) is 4.33. The maximum atomic E-state index is 6.39. The van der Waals surface area contributed by atoms with E-state index in [4.69, 9.17) is 15.2 Å². The van der Waals surface area contributed by atoms with Crippen molar-refractivity contribution in [3.8, 4) is 11.5 Å². The molecule has 0 aliphatic carbocycles. The van der Waals surface area contributed by atoms with Crippen molar-refractivity contribution in [2.45, 2.75) is 25.5 Å². The zero-order valence-corrected chi connectivity index (χ0v) is 13.5. The van der Waals surface area contributed by atoms with Crippen LogP contribution in [-0.2, 0) is 6.42 Å². The Morgan fingerprint density at radius 1 is 1.33 bits per heavy atom. The van der Waals surface area contributed by atoms with Crippen LogP contribution < -0.4 is 15.2 Å². The Morgan fingerprint density at radius 3 is 2.86 bits per heavy atom. The number of rotatable bonds is 4. The van der Waals surface area contributed by atoms with E-state index in [9.17, 15) is 0 Å². The van der Waals surface area contributed by atoms with Gasteiger partial charge >= 0.3 is 0 Å². The molecule has 3 rings (SSSR count). The summed E-state index contributed by atoms with van der Waals surface area (Å²) in [4.78, 5) is 0. The summed E-state index contributed by atoms with van der Waals surface area (Å²) in [7, 11) is 0. The lowest BCUT2D eigenvalue weighted by molar-refractivity contribution is 0.199. The molecule has 0 bridgehead atoms. The Labute approximate surface area is 133 Å². The molecule has 0 radical (unpaired) electrons. The van der Waals surface area contributed by atoms with Crippen LogP contribution in [0.5, 0.6) is 11.5 Å². The second-order valence-corrected chi connectivity index (χ2v) is 5.97. The molecule has 110 valence electrons.